The lowest BCUT2D eigenvalue weighted by Gasteiger charge is -2.29. The Morgan fingerprint density at radius 2 is 1.52 bits per heavy atom. The number of rotatable bonds is 14. The monoisotopic (exact) mass is 415 g/mol. The molecule has 1 amide bonds. The van der Waals surface area contributed by atoms with Gasteiger partial charge in [0.05, 0.1) is 31.5 Å². The number of hydrogen-bond donors (Lipinski definition) is 1. The summed E-state index contributed by atoms with van der Waals surface area (Å²) in [6.45, 7) is 13.9. The van der Waals surface area contributed by atoms with Gasteiger partial charge in [0.25, 0.3) is 0 Å². The normalized spacial score (nSPS) is 19.0. The van der Waals surface area contributed by atoms with Crippen LogP contribution in [0.5, 0.6) is 0 Å². The van der Waals surface area contributed by atoms with Crippen molar-refractivity contribution in [3.8, 4) is 0 Å². The van der Waals surface area contributed by atoms with Crippen molar-refractivity contribution >= 4 is 11.7 Å². The van der Waals surface area contributed by atoms with Crippen LogP contribution in [0.3, 0.4) is 0 Å². The van der Waals surface area contributed by atoms with E-state index < -0.39 is 0 Å². The van der Waals surface area contributed by atoms with E-state index in [2.05, 4.69) is 19.2 Å². The lowest BCUT2D eigenvalue weighted by atomic mass is 9.95. The Morgan fingerprint density at radius 3 is 2.10 bits per heavy atom. The van der Waals surface area contributed by atoms with Gasteiger partial charge in [-0.3, -0.25) is 9.59 Å². The van der Waals surface area contributed by atoms with Crippen LogP contribution in [0.4, 0.5) is 0 Å². The minimum atomic E-state index is 0.0227. The molecule has 1 aliphatic rings. The van der Waals surface area contributed by atoms with Crippen molar-refractivity contribution < 1.29 is 23.8 Å². The van der Waals surface area contributed by atoms with Crippen molar-refractivity contribution in [2.45, 2.75) is 105 Å². The van der Waals surface area contributed by atoms with Gasteiger partial charge in [0, 0.05) is 31.9 Å². The summed E-state index contributed by atoms with van der Waals surface area (Å²) in [5.41, 5.74) is 0. The fraction of sp³-hybridized carbons (Fsp3) is 0.913. The highest BCUT2D eigenvalue weighted by Gasteiger charge is 2.22. The average Bonchev–Trinajstić information content (AvgIpc) is 2.70. The Labute approximate surface area is 178 Å². The second-order valence-corrected chi connectivity index (χ2v) is 7.89. The van der Waals surface area contributed by atoms with Crippen LogP contribution in [-0.2, 0) is 23.8 Å². The molecule has 0 aromatic carbocycles. The number of Topliss-reactive ketones (excluding diaryl/α,β-unsaturated/α-hetero) is 1. The van der Waals surface area contributed by atoms with E-state index in [9.17, 15) is 9.59 Å². The number of nitrogens with one attached hydrogen (secondary N) is 1. The largest absolute Gasteiger partial charge is 0.379 e. The fourth-order valence-corrected chi connectivity index (χ4v) is 3.12. The zero-order valence-corrected chi connectivity index (χ0v) is 19.6. The number of hydrogen-bond acceptors (Lipinski definition) is 5. The van der Waals surface area contributed by atoms with Crippen molar-refractivity contribution in [3.05, 3.63) is 0 Å². The van der Waals surface area contributed by atoms with Gasteiger partial charge in [0.2, 0.25) is 5.91 Å². The summed E-state index contributed by atoms with van der Waals surface area (Å²) in [6, 6.07) is 0. The Kier molecular flexibility index (Phi) is 17.2. The van der Waals surface area contributed by atoms with Crippen molar-refractivity contribution in [1.29, 1.82) is 0 Å². The number of carbonyl (C=O) groups is 2. The van der Waals surface area contributed by atoms with Crippen molar-refractivity contribution in [1.82, 2.24) is 5.32 Å². The van der Waals surface area contributed by atoms with Crippen LogP contribution < -0.4 is 5.32 Å². The summed E-state index contributed by atoms with van der Waals surface area (Å²) >= 11 is 0. The third-order valence-corrected chi connectivity index (χ3v) is 4.69. The highest BCUT2D eigenvalue weighted by molar-refractivity contribution is 5.80. The fourth-order valence-electron chi connectivity index (χ4n) is 3.12. The maximum absolute atomic E-state index is 11.8. The molecule has 0 unspecified atom stereocenters. The minimum Gasteiger partial charge on any atom is -0.379 e. The third kappa shape index (κ3) is 15.5. The first kappa shape index (κ1) is 28.0. The van der Waals surface area contributed by atoms with Crippen LogP contribution in [0.15, 0.2) is 0 Å². The van der Waals surface area contributed by atoms with Crippen LogP contribution >= 0.6 is 0 Å². The van der Waals surface area contributed by atoms with Gasteiger partial charge in [-0.15, -0.1) is 0 Å². The molecule has 0 aromatic heterocycles. The standard InChI is InChI=1S/C21H39NO5.C2H6/c1-16(2)20(23)11-14-25-15-12-22-21(24)6-5-13-26-18-7-9-19(10-8-18)27-17(3)4;1-2/h16-19H,5-15H2,1-4H3,(H,22,24);1-2H3. The zero-order valence-electron chi connectivity index (χ0n) is 19.6. The summed E-state index contributed by atoms with van der Waals surface area (Å²) in [7, 11) is 0. The summed E-state index contributed by atoms with van der Waals surface area (Å²) < 4.78 is 17.1. The van der Waals surface area contributed by atoms with Gasteiger partial charge in [-0.25, -0.2) is 0 Å². The van der Waals surface area contributed by atoms with Crippen LogP contribution in [0.1, 0.15) is 86.5 Å². The molecule has 172 valence electrons. The van der Waals surface area contributed by atoms with Crippen LogP contribution in [0.25, 0.3) is 0 Å². The summed E-state index contributed by atoms with van der Waals surface area (Å²) in [6.07, 6.45) is 6.82. The van der Waals surface area contributed by atoms with Gasteiger partial charge < -0.3 is 19.5 Å². The first-order valence-corrected chi connectivity index (χ1v) is 11.5. The maximum Gasteiger partial charge on any atom is 0.220 e. The first-order valence-electron chi connectivity index (χ1n) is 11.5. The van der Waals surface area contributed by atoms with Gasteiger partial charge >= 0.3 is 0 Å². The van der Waals surface area contributed by atoms with Crippen molar-refractivity contribution in [3.63, 3.8) is 0 Å². The average molecular weight is 416 g/mol. The number of ether oxygens (including phenoxy) is 3. The quantitative estimate of drug-likeness (QED) is 0.428. The van der Waals surface area contributed by atoms with E-state index in [1.165, 1.54) is 0 Å². The molecule has 6 nitrogen and oxygen atoms in total. The van der Waals surface area contributed by atoms with E-state index in [1.807, 2.05) is 27.7 Å². The van der Waals surface area contributed by atoms with Crippen LogP contribution in [-0.4, -0.2) is 56.4 Å². The number of ketones is 1. The summed E-state index contributed by atoms with van der Waals surface area (Å²) in [5.74, 6) is 0.286. The van der Waals surface area contributed by atoms with E-state index in [0.29, 0.717) is 57.5 Å². The van der Waals surface area contributed by atoms with Crippen LogP contribution in [0.2, 0.25) is 0 Å². The Bertz CT molecular complexity index is 417. The maximum atomic E-state index is 11.8. The van der Waals surface area contributed by atoms with E-state index in [-0.39, 0.29) is 17.6 Å². The molecule has 0 radical (unpaired) electrons. The molecule has 0 aliphatic heterocycles. The second-order valence-electron chi connectivity index (χ2n) is 7.89. The summed E-state index contributed by atoms with van der Waals surface area (Å²) in [5, 5.41) is 2.83. The minimum absolute atomic E-state index is 0.0227. The molecule has 0 saturated heterocycles. The second kappa shape index (κ2) is 17.8. The lowest BCUT2D eigenvalue weighted by Crippen LogP contribution is -2.29. The Hall–Kier alpha value is -0.980. The molecule has 0 heterocycles. The van der Waals surface area contributed by atoms with Gasteiger partial charge in [-0.2, -0.15) is 0 Å². The smallest absolute Gasteiger partial charge is 0.220 e. The molecule has 1 fully saturated rings. The molecule has 6 heteroatoms. The van der Waals surface area contributed by atoms with Gasteiger partial charge in [-0.05, 0) is 46.0 Å². The zero-order chi connectivity index (χ0) is 22.1. The highest BCUT2D eigenvalue weighted by Crippen LogP contribution is 2.24. The molecule has 1 rings (SSSR count). The Balaban J connectivity index is 0.00000379. The molecule has 0 atom stereocenters. The molecule has 0 spiro atoms. The molecule has 1 aliphatic carbocycles. The molecular formula is C23H45NO5. The van der Waals surface area contributed by atoms with Gasteiger partial charge in [-0.1, -0.05) is 27.7 Å². The molecule has 0 aromatic rings. The number of carbonyl (C=O) groups excluding carboxylic acids is 2. The van der Waals surface area contributed by atoms with Crippen molar-refractivity contribution in [2.75, 3.05) is 26.4 Å². The molecule has 1 saturated carbocycles. The molecule has 0 bridgehead atoms. The topological polar surface area (TPSA) is 73.9 Å². The molecule has 1 N–H and O–H groups in total. The van der Waals surface area contributed by atoms with E-state index in [0.717, 1.165) is 32.1 Å². The Morgan fingerprint density at radius 1 is 0.897 bits per heavy atom. The predicted octanol–water partition coefficient (Wildman–Crippen LogP) is 4.29. The van der Waals surface area contributed by atoms with Gasteiger partial charge in [0.15, 0.2) is 0 Å². The van der Waals surface area contributed by atoms with E-state index in [4.69, 9.17) is 14.2 Å². The highest BCUT2D eigenvalue weighted by atomic mass is 16.5. The van der Waals surface area contributed by atoms with Gasteiger partial charge in [0.1, 0.15) is 5.78 Å². The third-order valence-electron chi connectivity index (χ3n) is 4.69. The van der Waals surface area contributed by atoms with E-state index in [1.54, 1.807) is 0 Å². The van der Waals surface area contributed by atoms with E-state index >= 15 is 0 Å². The first-order chi connectivity index (χ1) is 13.9. The molecule has 29 heavy (non-hydrogen) atoms. The molecular weight excluding hydrogens is 370 g/mol. The van der Waals surface area contributed by atoms with Crippen molar-refractivity contribution in [2.24, 2.45) is 5.92 Å². The summed E-state index contributed by atoms with van der Waals surface area (Å²) in [4.78, 5) is 23.2. The SMILES string of the molecule is CC.CC(C)OC1CCC(OCCCC(=O)NCCOCCC(=O)C(C)C)CC1. The predicted molar refractivity (Wildman–Crippen MR) is 117 cm³/mol. The van der Waals surface area contributed by atoms with Crippen LogP contribution in [0, 0.1) is 5.92 Å². The lowest BCUT2D eigenvalue weighted by molar-refractivity contribution is -0.124. The number of amides is 1.